The van der Waals surface area contributed by atoms with Crippen LogP contribution >= 0.6 is 11.3 Å². The number of methoxy groups -OCH3 is 1. The predicted octanol–water partition coefficient (Wildman–Crippen LogP) is 1.20. The number of thiazole rings is 1. The second kappa shape index (κ2) is 6.74. The van der Waals surface area contributed by atoms with Crippen LogP contribution in [0.2, 0.25) is 0 Å². The molecule has 1 unspecified atom stereocenters. The first-order valence-electron chi connectivity index (χ1n) is 6.10. The highest BCUT2D eigenvalue weighted by Gasteiger charge is 2.14. The molecule has 2 aromatic rings. The van der Waals surface area contributed by atoms with E-state index in [0.717, 1.165) is 10.7 Å². The molecule has 0 spiro atoms. The van der Waals surface area contributed by atoms with Crippen molar-refractivity contribution in [3.05, 3.63) is 27.8 Å². The van der Waals surface area contributed by atoms with Gasteiger partial charge in [0, 0.05) is 30.6 Å². The summed E-state index contributed by atoms with van der Waals surface area (Å²) in [6, 6.07) is 0.181. The largest absolute Gasteiger partial charge is 0.383 e. The fourth-order valence-corrected chi connectivity index (χ4v) is 2.49. The predicted molar refractivity (Wildman–Crippen MR) is 72.4 cm³/mol. The molecule has 104 valence electrons. The van der Waals surface area contributed by atoms with Crippen molar-refractivity contribution in [2.75, 3.05) is 20.8 Å². The number of hydrogen-bond donors (Lipinski definition) is 1. The van der Waals surface area contributed by atoms with Crippen molar-refractivity contribution in [2.24, 2.45) is 0 Å². The number of rotatable bonds is 7. The smallest absolute Gasteiger partial charge is 0.228 e. The summed E-state index contributed by atoms with van der Waals surface area (Å²) in [4.78, 5) is 8.76. The number of nitrogens with zero attached hydrogens (tertiary/aromatic N) is 3. The van der Waals surface area contributed by atoms with Gasteiger partial charge in [0.05, 0.1) is 13.0 Å². The number of aromatic nitrogens is 3. The van der Waals surface area contributed by atoms with Crippen molar-refractivity contribution in [3.8, 4) is 0 Å². The highest BCUT2D eigenvalue weighted by Crippen LogP contribution is 2.13. The van der Waals surface area contributed by atoms with Gasteiger partial charge in [-0.15, -0.1) is 11.3 Å². The van der Waals surface area contributed by atoms with Crippen LogP contribution in [0.1, 0.15) is 22.4 Å². The normalized spacial score (nSPS) is 12.8. The molecular weight excluding hydrogens is 264 g/mol. The number of likely N-dealkylation sites (N-methyl/N-ethyl adjacent to an activating group) is 1. The van der Waals surface area contributed by atoms with Crippen molar-refractivity contribution in [2.45, 2.75) is 25.8 Å². The summed E-state index contributed by atoms with van der Waals surface area (Å²) in [6.07, 6.45) is 1.28. The molecule has 7 heteroatoms. The van der Waals surface area contributed by atoms with Crippen molar-refractivity contribution in [3.63, 3.8) is 0 Å². The number of aryl methyl sites for hydroxylation is 1. The molecule has 0 bridgehead atoms. The molecule has 2 aromatic heterocycles. The van der Waals surface area contributed by atoms with Gasteiger partial charge in [-0.2, -0.15) is 4.98 Å². The summed E-state index contributed by atoms with van der Waals surface area (Å²) in [7, 11) is 3.56. The molecule has 6 nitrogen and oxygen atoms in total. The maximum absolute atomic E-state index is 5.24. The average molecular weight is 282 g/mol. The Hall–Kier alpha value is -1.31. The van der Waals surface area contributed by atoms with Gasteiger partial charge in [-0.3, -0.25) is 0 Å². The fourth-order valence-electron chi connectivity index (χ4n) is 1.72. The zero-order chi connectivity index (χ0) is 13.7. The molecule has 0 aliphatic heterocycles. The maximum atomic E-state index is 5.24. The van der Waals surface area contributed by atoms with E-state index in [1.807, 2.05) is 19.4 Å². The van der Waals surface area contributed by atoms with E-state index in [1.54, 1.807) is 18.4 Å². The van der Waals surface area contributed by atoms with Gasteiger partial charge < -0.3 is 14.6 Å². The standard InChI is InChI=1S/C12H18N4O2S/c1-8-7-19-12(14-8)5-10-15-11(18-16-10)4-9(13-2)6-17-3/h7,9,13H,4-6H2,1-3H3. The van der Waals surface area contributed by atoms with Crippen LogP contribution in [0.25, 0.3) is 0 Å². The van der Waals surface area contributed by atoms with Gasteiger partial charge in [-0.05, 0) is 14.0 Å². The third-order valence-electron chi connectivity index (χ3n) is 2.68. The Bertz CT molecular complexity index is 511. The quantitative estimate of drug-likeness (QED) is 0.822. The van der Waals surface area contributed by atoms with Gasteiger partial charge in [0.25, 0.3) is 0 Å². The van der Waals surface area contributed by atoms with Gasteiger partial charge in [0.1, 0.15) is 5.01 Å². The van der Waals surface area contributed by atoms with Gasteiger partial charge in [0.15, 0.2) is 5.82 Å². The third-order valence-corrected chi connectivity index (χ3v) is 3.65. The Morgan fingerprint density at radius 2 is 2.32 bits per heavy atom. The molecule has 0 aliphatic rings. The van der Waals surface area contributed by atoms with Gasteiger partial charge in [-0.25, -0.2) is 4.98 Å². The molecule has 0 radical (unpaired) electrons. The zero-order valence-corrected chi connectivity index (χ0v) is 12.2. The summed E-state index contributed by atoms with van der Waals surface area (Å²) in [6.45, 7) is 2.59. The fraction of sp³-hybridized carbons (Fsp3) is 0.583. The number of ether oxygens (including phenoxy) is 1. The van der Waals surface area contributed by atoms with E-state index in [1.165, 1.54) is 0 Å². The Morgan fingerprint density at radius 1 is 1.47 bits per heavy atom. The lowest BCUT2D eigenvalue weighted by molar-refractivity contribution is 0.165. The molecule has 0 saturated heterocycles. The lowest BCUT2D eigenvalue weighted by Gasteiger charge is -2.11. The highest BCUT2D eigenvalue weighted by molar-refractivity contribution is 7.09. The van der Waals surface area contributed by atoms with Crippen LogP contribution in [0.15, 0.2) is 9.90 Å². The first kappa shape index (κ1) is 14.1. The minimum absolute atomic E-state index is 0.181. The van der Waals surface area contributed by atoms with Crippen molar-refractivity contribution < 1.29 is 9.26 Å². The molecule has 0 aliphatic carbocycles. The molecule has 0 fully saturated rings. The average Bonchev–Trinajstić information content (AvgIpc) is 2.99. The van der Waals surface area contributed by atoms with Crippen LogP contribution in [-0.4, -0.2) is 41.9 Å². The van der Waals surface area contributed by atoms with E-state index in [9.17, 15) is 0 Å². The van der Waals surface area contributed by atoms with Crippen LogP contribution < -0.4 is 5.32 Å². The second-order valence-electron chi connectivity index (χ2n) is 4.31. The number of nitrogens with one attached hydrogen (secondary N) is 1. The molecule has 0 aromatic carbocycles. The first-order valence-corrected chi connectivity index (χ1v) is 6.98. The summed E-state index contributed by atoms with van der Waals surface area (Å²) in [5.41, 5.74) is 1.03. The minimum Gasteiger partial charge on any atom is -0.383 e. The van der Waals surface area contributed by atoms with Crippen LogP contribution in [0.3, 0.4) is 0 Å². The maximum Gasteiger partial charge on any atom is 0.228 e. The first-order chi connectivity index (χ1) is 9.21. The van der Waals surface area contributed by atoms with Crippen molar-refractivity contribution in [1.29, 1.82) is 0 Å². The van der Waals surface area contributed by atoms with E-state index >= 15 is 0 Å². The topological polar surface area (TPSA) is 73.1 Å². The lowest BCUT2D eigenvalue weighted by atomic mass is 10.2. The molecular formula is C12H18N4O2S. The molecule has 2 heterocycles. The summed E-state index contributed by atoms with van der Waals surface area (Å²) in [5, 5.41) is 10.2. The molecule has 1 atom stereocenters. The van der Waals surface area contributed by atoms with E-state index in [4.69, 9.17) is 9.26 Å². The van der Waals surface area contributed by atoms with Crippen molar-refractivity contribution >= 4 is 11.3 Å². The Labute approximate surface area is 116 Å². The van der Waals surface area contributed by atoms with Crippen LogP contribution in [0.4, 0.5) is 0 Å². The SMILES string of the molecule is CNC(COC)Cc1nc(Cc2nc(C)cs2)no1. The molecule has 0 amide bonds. The van der Waals surface area contributed by atoms with Gasteiger partial charge >= 0.3 is 0 Å². The van der Waals surface area contributed by atoms with Gasteiger partial charge in [0.2, 0.25) is 5.89 Å². The van der Waals surface area contributed by atoms with Crippen LogP contribution in [0, 0.1) is 6.92 Å². The zero-order valence-electron chi connectivity index (χ0n) is 11.3. The summed E-state index contributed by atoms with van der Waals surface area (Å²) < 4.78 is 10.4. The Morgan fingerprint density at radius 3 is 2.95 bits per heavy atom. The lowest BCUT2D eigenvalue weighted by Crippen LogP contribution is -2.32. The second-order valence-corrected chi connectivity index (χ2v) is 5.25. The Balaban J connectivity index is 1.94. The van der Waals surface area contributed by atoms with E-state index < -0.39 is 0 Å². The van der Waals surface area contributed by atoms with Crippen LogP contribution in [0.5, 0.6) is 0 Å². The van der Waals surface area contributed by atoms with Crippen molar-refractivity contribution in [1.82, 2.24) is 20.4 Å². The molecule has 19 heavy (non-hydrogen) atoms. The van der Waals surface area contributed by atoms with Crippen LogP contribution in [-0.2, 0) is 17.6 Å². The van der Waals surface area contributed by atoms with E-state index in [0.29, 0.717) is 31.2 Å². The third kappa shape index (κ3) is 4.09. The Kier molecular flexibility index (Phi) is 5.00. The summed E-state index contributed by atoms with van der Waals surface area (Å²) >= 11 is 1.62. The summed E-state index contributed by atoms with van der Waals surface area (Å²) in [5.74, 6) is 1.30. The monoisotopic (exact) mass is 282 g/mol. The number of hydrogen-bond acceptors (Lipinski definition) is 7. The van der Waals surface area contributed by atoms with Gasteiger partial charge in [-0.1, -0.05) is 5.16 Å². The molecule has 1 N–H and O–H groups in total. The molecule has 0 saturated carbocycles. The molecule has 2 rings (SSSR count). The highest BCUT2D eigenvalue weighted by atomic mass is 32.1. The van der Waals surface area contributed by atoms with E-state index in [2.05, 4.69) is 20.4 Å². The van der Waals surface area contributed by atoms with E-state index in [-0.39, 0.29) is 6.04 Å². The minimum atomic E-state index is 0.181.